The van der Waals surface area contributed by atoms with Crippen molar-refractivity contribution in [3.05, 3.63) is 131 Å². The van der Waals surface area contributed by atoms with E-state index in [0.717, 1.165) is 49.7 Å². The lowest BCUT2D eigenvalue weighted by molar-refractivity contribution is 0.0926. The predicted molar refractivity (Wildman–Crippen MR) is 153 cm³/mol. The number of carbonyl (C=O) groups excluding carboxylic acids is 2. The average Bonchev–Trinajstić information content (AvgIpc) is 3.39. The second-order valence-electron chi connectivity index (χ2n) is 9.93. The molecule has 0 aliphatic carbocycles. The van der Waals surface area contributed by atoms with Crippen LogP contribution in [0.3, 0.4) is 0 Å². The molecule has 0 fully saturated rings. The van der Waals surface area contributed by atoms with E-state index in [4.69, 9.17) is 0 Å². The van der Waals surface area contributed by atoms with E-state index in [1.54, 1.807) is 6.07 Å². The summed E-state index contributed by atoms with van der Waals surface area (Å²) in [5, 5.41) is 2.24. The normalized spacial score (nSPS) is 13.1. The SMILES string of the molecule is Cc1ccc2c3ccc(C)cc3n(-c3cccc4c3C(=O)N(c3ccc(-c5ccccc5)cc3)C4=O)c2c1. The molecular weight excluding hydrogens is 468 g/mol. The van der Waals surface area contributed by atoms with Gasteiger partial charge in [0.1, 0.15) is 0 Å². The highest BCUT2D eigenvalue weighted by atomic mass is 16.2. The molecule has 6 aromatic rings. The van der Waals surface area contributed by atoms with Crippen molar-refractivity contribution in [2.24, 2.45) is 0 Å². The van der Waals surface area contributed by atoms with Crippen LogP contribution in [0.25, 0.3) is 38.6 Å². The minimum atomic E-state index is -0.302. The zero-order valence-electron chi connectivity index (χ0n) is 21.1. The predicted octanol–water partition coefficient (Wildman–Crippen LogP) is 7.87. The Morgan fingerprint density at radius 3 is 1.79 bits per heavy atom. The molecule has 1 aromatic heterocycles. The van der Waals surface area contributed by atoms with Crippen molar-refractivity contribution >= 4 is 39.3 Å². The molecule has 4 nitrogen and oxygen atoms in total. The third-order valence-electron chi connectivity index (χ3n) is 7.44. The Bertz CT molecular complexity index is 1860. The molecule has 0 atom stereocenters. The molecule has 0 N–H and O–H groups in total. The van der Waals surface area contributed by atoms with Crippen molar-refractivity contribution in [3.63, 3.8) is 0 Å². The van der Waals surface area contributed by atoms with Crippen LogP contribution in [0.2, 0.25) is 0 Å². The lowest BCUT2D eigenvalue weighted by atomic mass is 10.1. The van der Waals surface area contributed by atoms with E-state index in [2.05, 4.69) is 54.8 Å². The number of fused-ring (bicyclic) bond motifs is 4. The monoisotopic (exact) mass is 492 g/mol. The van der Waals surface area contributed by atoms with Crippen LogP contribution in [0.1, 0.15) is 31.8 Å². The molecule has 2 heterocycles. The molecule has 1 aliphatic rings. The zero-order valence-corrected chi connectivity index (χ0v) is 21.1. The Hall–Kier alpha value is -4.96. The number of carbonyl (C=O) groups is 2. The van der Waals surface area contributed by atoms with Gasteiger partial charge in [-0.2, -0.15) is 0 Å². The summed E-state index contributed by atoms with van der Waals surface area (Å²) < 4.78 is 2.14. The number of aromatic nitrogens is 1. The number of anilines is 1. The van der Waals surface area contributed by atoms with Gasteiger partial charge in [-0.25, -0.2) is 4.90 Å². The summed E-state index contributed by atoms with van der Waals surface area (Å²) in [6.45, 7) is 4.13. The van der Waals surface area contributed by atoms with Crippen LogP contribution >= 0.6 is 0 Å². The Kier molecular flexibility index (Phi) is 4.85. The van der Waals surface area contributed by atoms with Crippen LogP contribution < -0.4 is 4.90 Å². The zero-order chi connectivity index (χ0) is 26.0. The fourth-order valence-electron chi connectivity index (χ4n) is 5.62. The number of aryl methyl sites for hydroxylation is 2. The minimum absolute atomic E-state index is 0.299. The number of benzene rings is 5. The number of nitrogens with zero attached hydrogens (tertiary/aromatic N) is 2. The van der Waals surface area contributed by atoms with E-state index in [9.17, 15) is 9.59 Å². The highest BCUT2D eigenvalue weighted by Crippen LogP contribution is 2.38. The summed E-state index contributed by atoms with van der Waals surface area (Å²) in [4.78, 5) is 28.9. The van der Waals surface area contributed by atoms with Crippen molar-refractivity contribution in [3.8, 4) is 16.8 Å². The van der Waals surface area contributed by atoms with Gasteiger partial charge >= 0.3 is 0 Å². The van der Waals surface area contributed by atoms with Gasteiger partial charge in [0.15, 0.2) is 0 Å². The molecule has 0 spiro atoms. The number of imide groups is 1. The lowest BCUT2D eigenvalue weighted by Crippen LogP contribution is -2.29. The molecule has 1 aliphatic heterocycles. The summed E-state index contributed by atoms with van der Waals surface area (Å²) in [6.07, 6.45) is 0. The van der Waals surface area contributed by atoms with E-state index in [1.807, 2.05) is 66.7 Å². The molecule has 0 radical (unpaired) electrons. The Balaban J connectivity index is 1.40. The van der Waals surface area contributed by atoms with Crippen molar-refractivity contribution in [2.75, 3.05) is 4.90 Å². The fraction of sp³-hybridized carbons (Fsp3) is 0.0588. The minimum Gasteiger partial charge on any atom is -0.308 e. The van der Waals surface area contributed by atoms with E-state index in [0.29, 0.717) is 16.8 Å². The van der Waals surface area contributed by atoms with Gasteiger partial charge in [0.25, 0.3) is 11.8 Å². The Labute approximate surface area is 220 Å². The molecule has 38 heavy (non-hydrogen) atoms. The quantitative estimate of drug-likeness (QED) is 0.236. The highest BCUT2D eigenvalue weighted by Gasteiger charge is 2.39. The molecule has 2 amide bonds. The number of hydrogen-bond acceptors (Lipinski definition) is 2. The molecule has 0 saturated heterocycles. The van der Waals surface area contributed by atoms with E-state index < -0.39 is 0 Å². The number of hydrogen-bond donors (Lipinski definition) is 0. The standard InChI is InChI=1S/C34H24N2O2/c1-21-11-17-26-27-18-12-22(2)20-31(27)36(30(26)19-21)29-10-6-9-28-32(29)34(38)35(33(28)37)25-15-13-24(14-16-25)23-7-4-3-5-8-23/h3-20H,1-2H3. The number of amides is 2. The molecule has 182 valence electrons. The maximum Gasteiger partial charge on any atom is 0.268 e. The average molecular weight is 493 g/mol. The van der Waals surface area contributed by atoms with E-state index in [1.165, 1.54) is 4.90 Å². The summed E-state index contributed by atoms with van der Waals surface area (Å²) >= 11 is 0. The van der Waals surface area contributed by atoms with Crippen LogP contribution in [0.15, 0.2) is 109 Å². The summed E-state index contributed by atoms with van der Waals surface area (Å²) in [6, 6.07) is 36.0. The van der Waals surface area contributed by atoms with Crippen LogP contribution in [-0.2, 0) is 0 Å². The molecule has 5 aromatic carbocycles. The Morgan fingerprint density at radius 2 is 1.16 bits per heavy atom. The molecular formula is C34H24N2O2. The molecule has 7 rings (SSSR count). The van der Waals surface area contributed by atoms with Crippen molar-refractivity contribution in [2.45, 2.75) is 13.8 Å². The second kappa shape index (κ2) is 8.29. The molecule has 0 saturated carbocycles. The summed E-state index contributed by atoms with van der Waals surface area (Å²) in [5.74, 6) is -0.601. The first-order chi connectivity index (χ1) is 18.5. The van der Waals surface area contributed by atoms with Crippen LogP contribution in [-0.4, -0.2) is 16.4 Å². The summed E-state index contributed by atoms with van der Waals surface area (Å²) in [5.41, 5.74) is 8.57. The van der Waals surface area contributed by atoms with Gasteiger partial charge in [0, 0.05) is 10.8 Å². The van der Waals surface area contributed by atoms with Gasteiger partial charge in [-0.15, -0.1) is 0 Å². The smallest absolute Gasteiger partial charge is 0.268 e. The molecule has 0 unspecified atom stereocenters. The second-order valence-corrected chi connectivity index (χ2v) is 9.93. The van der Waals surface area contributed by atoms with Gasteiger partial charge in [-0.1, -0.05) is 72.8 Å². The van der Waals surface area contributed by atoms with Crippen LogP contribution in [0.4, 0.5) is 5.69 Å². The first-order valence-corrected chi connectivity index (χ1v) is 12.7. The molecule has 0 bridgehead atoms. The van der Waals surface area contributed by atoms with Crippen LogP contribution in [0, 0.1) is 13.8 Å². The van der Waals surface area contributed by atoms with Gasteiger partial charge in [-0.3, -0.25) is 9.59 Å². The van der Waals surface area contributed by atoms with Crippen molar-refractivity contribution in [1.29, 1.82) is 0 Å². The largest absolute Gasteiger partial charge is 0.308 e. The van der Waals surface area contributed by atoms with Gasteiger partial charge in [0.2, 0.25) is 0 Å². The van der Waals surface area contributed by atoms with Gasteiger partial charge in [0.05, 0.1) is 33.5 Å². The van der Waals surface area contributed by atoms with Crippen molar-refractivity contribution < 1.29 is 9.59 Å². The lowest BCUT2D eigenvalue weighted by Gasteiger charge is -2.15. The van der Waals surface area contributed by atoms with Crippen molar-refractivity contribution in [1.82, 2.24) is 4.57 Å². The third kappa shape index (κ3) is 3.24. The number of rotatable bonds is 3. The van der Waals surface area contributed by atoms with Gasteiger partial charge in [-0.05, 0) is 72.5 Å². The Morgan fingerprint density at radius 1 is 0.553 bits per heavy atom. The molecule has 4 heteroatoms. The van der Waals surface area contributed by atoms with E-state index in [-0.39, 0.29) is 11.8 Å². The fourth-order valence-corrected chi connectivity index (χ4v) is 5.62. The van der Waals surface area contributed by atoms with Crippen LogP contribution in [0.5, 0.6) is 0 Å². The first kappa shape index (κ1) is 22.3. The van der Waals surface area contributed by atoms with Gasteiger partial charge < -0.3 is 4.57 Å². The first-order valence-electron chi connectivity index (χ1n) is 12.7. The maximum absolute atomic E-state index is 14.0. The van der Waals surface area contributed by atoms with E-state index >= 15 is 0 Å². The highest BCUT2D eigenvalue weighted by molar-refractivity contribution is 6.35. The topological polar surface area (TPSA) is 42.3 Å². The summed E-state index contributed by atoms with van der Waals surface area (Å²) in [7, 11) is 0. The maximum atomic E-state index is 14.0. The third-order valence-corrected chi connectivity index (χ3v) is 7.44.